The summed E-state index contributed by atoms with van der Waals surface area (Å²) in [7, 11) is 0. The van der Waals surface area contributed by atoms with E-state index < -0.39 is 11.9 Å². The standard InChI is InChI=1S/C23H25NO3/c1-15-13-24(14-21(15)23(26)27)22(25)8-4-5-16-9-10-18-12-17-6-2-3-7-19(17)20(18)11-16/h2-3,6-7,9-11,15,21H,4-5,8,12-14H2,1H3,(H,26,27)/t15-,21-/m1/s1. The molecule has 0 spiro atoms. The van der Waals surface area contributed by atoms with Gasteiger partial charge in [-0.1, -0.05) is 49.4 Å². The van der Waals surface area contributed by atoms with Crippen molar-refractivity contribution in [3.8, 4) is 11.1 Å². The van der Waals surface area contributed by atoms with E-state index in [1.165, 1.54) is 27.8 Å². The van der Waals surface area contributed by atoms with Crippen LogP contribution in [-0.4, -0.2) is 35.0 Å². The van der Waals surface area contributed by atoms with Crippen LogP contribution in [0.4, 0.5) is 0 Å². The number of aryl methyl sites for hydroxylation is 1. The maximum atomic E-state index is 12.4. The number of carbonyl (C=O) groups is 2. The van der Waals surface area contributed by atoms with E-state index in [-0.39, 0.29) is 11.8 Å². The van der Waals surface area contributed by atoms with Crippen LogP contribution in [-0.2, 0) is 22.4 Å². The van der Waals surface area contributed by atoms with E-state index in [1.807, 2.05) is 6.92 Å². The summed E-state index contributed by atoms with van der Waals surface area (Å²) in [4.78, 5) is 25.4. The predicted octanol–water partition coefficient (Wildman–Crippen LogP) is 3.76. The van der Waals surface area contributed by atoms with Crippen molar-refractivity contribution >= 4 is 11.9 Å². The summed E-state index contributed by atoms with van der Waals surface area (Å²) >= 11 is 0. The molecule has 140 valence electrons. The number of nitrogens with zero attached hydrogens (tertiary/aromatic N) is 1. The number of carboxylic acids is 1. The van der Waals surface area contributed by atoms with Crippen molar-refractivity contribution in [3.05, 3.63) is 59.2 Å². The summed E-state index contributed by atoms with van der Waals surface area (Å²) in [6, 6.07) is 15.2. The summed E-state index contributed by atoms with van der Waals surface area (Å²) in [5, 5.41) is 9.22. The lowest BCUT2D eigenvalue weighted by molar-refractivity contribution is -0.142. The maximum absolute atomic E-state index is 12.4. The van der Waals surface area contributed by atoms with E-state index in [4.69, 9.17) is 0 Å². The average Bonchev–Trinajstić information content (AvgIpc) is 3.22. The summed E-state index contributed by atoms with van der Waals surface area (Å²) in [5.41, 5.74) is 6.68. The molecule has 1 heterocycles. The van der Waals surface area contributed by atoms with Gasteiger partial charge in [0.15, 0.2) is 0 Å². The van der Waals surface area contributed by atoms with Gasteiger partial charge in [-0.3, -0.25) is 9.59 Å². The minimum absolute atomic E-state index is 0.0308. The Bertz CT molecular complexity index is 889. The van der Waals surface area contributed by atoms with Crippen LogP contribution in [0, 0.1) is 11.8 Å². The minimum atomic E-state index is -0.795. The Morgan fingerprint density at radius 1 is 1.07 bits per heavy atom. The van der Waals surface area contributed by atoms with Crippen molar-refractivity contribution in [3.63, 3.8) is 0 Å². The number of carbonyl (C=O) groups excluding carboxylic acids is 1. The molecule has 1 saturated heterocycles. The van der Waals surface area contributed by atoms with Crippen LogP contribution in [0.5, 0.6) is 0 Å². The molecule has 1 fully saturated rings. The molecule has 2 aromatic rings. The van der Waals surface area contributed by atoms with Gasteiger partial charge in [0, 0.05) is 19.5 Å². The van der Waals surface area contributed by atoms with Crippen LogP contribution in [0.1, 0.15) is 36.5 Å². The molecule has 1 aliphatic heterocycles. The molecule has 2 aromatic carbocycles. The number of rotatable bonds is 5. The van der Waals surface area contributed by atoms with Crippen LogP contribution in [0.2, 0.25) is 0 Å². The van der Waals surface area contributed by atoms with Crippen LogP contribution >= 0.6 is 0 Å². The third-order valence-electron chi connectivity index (χ3n) is 6.00. The van der Waals surface area contributed by atoms with E-state index in [0.717, 1.165) is 19.3 Å². The molecule has 1 amide bonds. The zero-order chi connectivity index (χ0) is 19.0. The Labute approximate surface area is 159 Å². The monoisotopic (exact) mass is 363 g/mol. The zero-order valence-electron chi connectivity index (χ0n) is 15.6. The van der Waals surface area contributed by atoms with Gasteiger partial charge < -0.3 is 10.0 Å². The Morgan fingerprint density at radius 3 is 2.63 bits per heavy atom. The van der Waals surface area contributed by atoms with E-state index >= 15 is 0 Å². The number of hydrogen-bond acceptors (Lipinski definition) is 2. The highest BCUT2D eigenvalue weighted by atomic mass is 16.4. The van der Waals surface area contributed by atoms with Gasteiger partial charge in [-0.2, -0.15) is 0 Å². The lowest BCUT2D eigenvalue weighted by Gasteiger charge is -2.16. The normalized spacial score (nSPS) is 20.4. The first-order chi connectivity index (χ1) is 13.0. The molecule has 0 aromatic heterocycles. The second kappa shape index (κ2) is 7.18. The van der Waals surface area contributed by atoms with Crippen molar-refractivity contribution in [2.45, 2.75) is 32.6 Å². The van der Waals surface area contributed by atoms with Crippen molar-refractivity contribution in [2.24, 2.45) is 11.8 Å². The van der Waals surface area contributed by atoms with Crippen molar-refractivity contribution < 1.29 is 14.7 Å². The van der Waals surface area contributed by atoms with Crippen LogP contribution < -0.4 is 0 Å². The molecular formula is C23H25NO3. The molecule has 0 bridgehead atoms. The number of fused-ring (bicyclic) bond motifs is 3. The summed E-state index contributed by atoms with van der Waals surface area (Å²) in [5.74, 6) is -1.11. The molecule has 2 aliphatic rings. The molecule has 2 atom stereocenters. The van der Waals surface area contributed by atoms with Gasteiger partial charge in [0.05, 0.1) is 5.92 Å². The number of likely N-dealkylation sites (tertiary alicyclic amines) is 1. The largest absolute Gasteiger partial charge is 0.481 e. The lowest BCUT2D eigenvalue weighted by atomic mass is 9.99. The fourth-order valence-corrected chi connectivity index (χ4v) is 4.42. The van der Waals surface area contributed by atoms with Gasteiger partial charge >= 0.3 is 5.97 Å². The molecule has 0 unspecified atom stereocenters. The highest BCUT2D eigenvalue weighted by Crippen LogP contribution is 2.37. The predicted molar refractivity (Wildman–Crippen MR) is 104 cm³/mol. The first-order valence-electron chi connectivity index (χ1n) is 9.73. The van der Waals surface area contributed by atoms with Gasteiger partial charge in [-0.05, 0) is 53.0 Å². The fraction of sp³-hybridized carbons (Fsp3) is 0.391. The van der Waals surface area contributed by atoms with Gasteiger partial charge in [0.2, 0.25) is 5.91 Å². The number of benzene rings is 2. The third-order valence-corrected chi connectivity index (χ3v) is 6.00. The number of carboxylic acid groups (broad SMARTS) is 1. The average molecular weight is 363 g/mol. The topological polar surface area (TPSA) is 57.6 Å². The second-order valence-corrected chi connectivity index (χ2v) is 7.90. The molecule has 4 nitrogen and oxygen atoms in total. The molecule has 4 heteroatoms. The number of hydrogen-bond donors (Lipinski definition) is 1. The fourth-order valence-electron chi connectivity index (χ4n) is 4.42. The zero-order valence-corrected chi connectivity index (χ0v) is 15.6. The molecular weight excluding hydrogens is 338 g/mol. The van der Waals surface area contributed by atoms with Crippen molar-refractivity contribution in [1.82, 2.24) is 4.90 Å². The highest BCUT2D eigenvalue weighted by molar-refractivity contribution is 5.79. The van der Waals surface area contributed by atoms with Gasteiger partial charge in [-0.15, -0.1) is 0 Å². The maximum Gasteiger partial charge on any atom is 0.308 e. The highest BCUT2D eigenvalue weighted by Gasteiger charge is 2.36. The Hall–Kier alpha value is -2.62. The van der Waals surface area contributed by atoms with Crippen LogP contribution in [0.15, 0.2) is 42.5 Å². The Morgan fingerprint density at radius 2 is 1.85 bits per heavy atom. The third kappa shape index (κ3) is 3.48. The van der Waals surface area contributed by atoms with Gasteiger partial charge in [-0.25, -0.2) is 0 Å². The van der Waals surface area contributed by atoms with Crippen molar-refractivity contribution in [1.29, 1.82) is 0 Å². The van der Waals surface area contributed by atoms with Crippen LogP contribution in [0.25, 0.3) is 11.1 Å². The first kappa shape index (κ1) is 17.8. The molecule has 27 heavy (non-hydrogen) atoms. The number of amides is 1. The lowest BCUT2D eigenvalue weighted by Crippen LogP contribution is -2.29. The summed E-state index contributed by atoms with van der Waals surface area (Å²) in [6.07, 6.45) is 3.14. The molecule has 1 aliphatic carbocycles. The molecule has 0 saturated carbocycles. The molecule has 0 radical (unpaired) electrons. The summed E-state index contributed by atoms with van der Waals surface area (Å²) in [6.45, 7) is 2.82. The van der Waals surface area contributed by atoms with E-state index in [9.17, 15) is 14.7 Å². The van der Waals surface area contributed by atoms with E-state index in [0.29, 0.717) is 19.5 Å². The molecule has 4 rings (SSSR count). The smallest absolute Gasteiger partial charge is 0.308 e. The van der Waals surface area contributed by atoms with E-state index in [2.05, 4.69) is 42.5 Å². The van der Waals surface area contributed by atoms with Crippen LogP contribution in [0.3, 0.4) is 0 Å². The SMILES string of the molecule is C[C@@H]1CN(C(=O)CCCc2ccc3c(c2)-c2ccccc2C3)C[C@H]1C(=O)O. The van der Waals surface area contributed by atoms with Gasteiger partial charge in [0.1, 0.15) is 0 Å². The first-order valence-corrected chi connectivity index (χ1v) is 9.73. The van der Waals surface area contributed by atoms with E-state index in [1.54, 1.807) is 4.90 Å². The second-order valence-electron chi connectivity index (χ2n) is 7.90. The van der Waals surface area contributed by atoms with Gasteiger partial charge in [0.25, 0.3) is 0 Å². The molecule has 1 N–H and O–H groups in total. The Kier molecular flexibility index (Phi) is 4.73. The Balaban J connectivity index is 1.34. The minimum Gasteiger partial charge on any atom is -0.481 e. The van der Waals surface area contributed by atoms with Crippen molar-refractivity contribution in [2.75, 3.05) is 13.1 Å². The quantitative estimate of drug-likeness (QED) is 0.751. The summed E-state index contributed by atoms with van der Waals surface area (Å²) < 4.78 is 0. The number of aliphatic carboxylic acids is 1.